The topological polar surface area (TPSA) is 48.4 Å². The molecule has 0 spiro atoms. The minimum atomic E-state index is -0.377. The zero-order valence-corrected chi connectivity index (χ0v) is 11.8. The van der Waals surface area contributed by atoms with Gasteiger partial charge in [0, 0.05) is 36.9 Å². The molecule has 1 fully saturated rings. The fraction of sp³-hybridized carbons (Fsp3) is 0.643. The van der Waals surface area contributed by atoms with Crippen molar-refractivity contribution >= 4 is 5.82 Å². The molecular formula is C14H22FN3O. The van der Waals surface area contributed by atoms with Crippen LogP contribution in [0.1, 0.15) is 32.8 Å². The van der Waals surface area contributed by atoms with Crippen molar-refractivity contribution in [3.63, 3.8) is 0 Å². The van der Waals surface area contributed by atoms with Crippen molar-refractivity contribution in [3.05, 3.63) is 23.6 Å². The van der Waals surface area contributed by atoms with Crippen molar-refractivity contribution in [3.8, 4) is 0 Å². The summed E-state index contributed by atoms with van der Waals surface area (Å²) < 4.78 is 14.4. The Kier molecular flexibility index (Phi) is 4.06. The van der Waals surface area contributed by atoms with Crippen LogP contribution in [0.3, 0.4) is 0 Å². The largest absolute Gasteiger partial charge is 0.391 e. The van der Waals surface area contributed by atoms with Gasteiger partial charge in [0.1, 0.15) is 0 Å². The summed E-state index contributed by atoms with van der Waals surface area (Å²) in [4.78, 5) is 5.92. The minimum Gasteiger partial charge on any atom is -0.391 e. The number of anilines is 1. The average molecular weight is 267 g/mol. The van der Waals surface area contributed by atoms with E-state index < -0.39 is 0 Å². The highest BCUT2D eigenvalue weighted by molar-refractivity contribution is 5.44. The normalized spacial score (nSPS) is 20.1. The molecule has 1 aliphatic rings. The SMILES string of the molecule is CC(C)(C)NCc1ccnc(N2CCC(O)C2)c1F. The fourth-order valence-electron chi connectivity index (χ4n) is 2.12. The average Bonchev–Trinajstić information content (AvgIpc) is 2.73. The van der Waals surface area contributed by atoms with Gasteiger partial charge < -0.3 is 15.3 Å². The van der Waals surface area contributed by atoms with Crippen molar-refractivity contribution in [2.24, 2.45) is 0 Å². The van der Waals surface area contributed by atoms with Crippen LogP contribution >= 0.6 is 0 Å². The lowest BCUT2D eigenvalue weighted by Gasteiger charge is -2.22. The van der Waals surface area contributed by atoms with Crippen LogP contribution in [-0.2, 0) is 6.54 Å². The van der Waals surface area contributed by atoms with E-state index >= 15 is 0 Å². The monoisotopic (exact) mass is 267 g/mol. The van der Waals surface area contributed by atoms with Crippen LogP contribution in [0.4, 0.5) is 10.2 Å². The fourth-order valence-corrected chi connectivity index (χ4v) is 2.12. The van der Waals surface area contributed by atoms with Crippen LogP contribution in [0.15, 0.2) is 12.3 Å². The van der Waals surface area contributed by atoms with Gasteiger partial charge in [0.2, 0.25) is 0 Å². The lowest BCUT2D eigenvalue weighted by molar-refractivity contribution is 0.198. The van der Waals surface area contributed by atoms with Gasteiger partial charge in [-0.2, -0.15) is 0 Å². The summed E-state index contributed by atoms with van der Waals surface area (Å²) in [6.07, 6.45) is 1.92. The van der Waals surface area contributed by atoms with E-state index in [4.69, 9.17) is 0 Å². The maximum Gasteiger partial charge on any atom is 0.170 e. The van der Waals surface area contributed by atoms with E-state index in [0.29, 0.717) is 37.4 Å². The molecule has 5 heteroatoms. The smallest absolute Gasteiger partial charge is 0.170 e. The van der Waals surface area contributed by atoms with E-state index in [1.807, 2.05) is 20.8 Å². The van der Waals surface area contributed by atoms with Crippen molar-refractivity contribution in [2.45, 2.75) is 45.4 Å². The summed E-state index contributed by atoms with van der Waals surface area (Å²) in [5.41, 5.74) is 0.556. The Morgan fingerprint density at radius 2 is 2.26 bits per heavy atom. The quantitative estimate of drug-likeness (QED) is 0.875. The van der Waals surface area contributed by atoms with Crippen LogP contribution in [0.25, 0.3) is 0 Å². The molecule has 1 aromatic heterocycles. The molecule has 19 heavy (non-hydrogen) atoms. The molecule has 0 saturated carbocycles. The second-order valence-electron chi connectivity index (χ2n) is 6.10. The Labute approximate surface area is 113 Å². The summed E-state index contributed by atoms with van der Waals surface area (Å²) in [6.45, 7) is 7.72. The number of pyridine rings is 1. The number of β-amino-alcohol motifs (C(OH)–C–C–N with tert-alkyl or cyclic N) is 1. The Balaban J connectivity index is 2.14. The first-order valence-corrected chi connectivity index (χ1v) is 6.68. The highest BCUT2D eigenvalue weighted by atomic mass is 19.1. The summed E-state index contributed by atoms with van der Waals surface area (Å²) >= 11 is 0. The van der Waals surface area contributed by atoms with Crippen molar-refractivity contribution in [1.82, 2.24) is 10.3 Å². The van der Waals surface area contributed by atoms with Crippen molar-refractivity contribution < 1.29 is 9.50 Å². The van der Waals surface area contributed by atoms with Crippen molar-refractivity contribution in [2.75, 3.05) is 18.0 Å². The first-order chi connectivity index (χ1) is 8.87. The number of halogens is 1. The molecule has 1 saturated heterocycles. The number of nitrogens with zero attached hydrogens (tertiary/aromatic N) is 2. The first kappa shape index (κ1) is 14.2. The van der Waals surface area contributed by atoms with Gasteiger partial charge in [0.25, 0.3) is 0 Å². The van der Waals surface area contributed by atoms with E-state index in [0.717, 1.165) is 0 Å². The van der Waals surface area contributed by atoms with E-state index in [1.165, 1.54) is 0 Å². The number of hydrogen-bond donors (Lipinski definition) is 2. The van der Waals surface area contributed by atoms with Gasteiger partial charge in [-0.15, -0.1) is 0 Å². The Morgan fingerprint density at radius 3 is 2.84 bits per heavy atom. The van der Waals surface area contributed by atoms with Gasteiger partial charge in [-0.05, 0) is 33.3 Å². The van der Waals surface area contributed by atoms with Gasteiger partial charge in [-0.25, -0.2) is 9.37 Å². The van der Waals surface area contributed by atoms with Gasteiger partial charge in [-0.3, -0.25) is 0 Å². The van der Waals surface area contributed by atoms with E-state index in [2.05, 4.69) is 10.3 Å². The maximum atomic E-state index is 14.4. The predicted molar refractivity (Wildman–Crippen MR) is 73.6 cm³/mol. The molecule has 0 bridgehead atoms. The second kappa shape index (κ2) is 5.43. The molecule has 106 valence electrons. The number of aliphatic hydroxyl groups excluding tert-OH is 1. The Hall–Kier alpha value is -1.20. The highest BCUT2D eigenvalue weighted by Crippen LogP contribution is 2.23. The molecule has 2 N–H and O–H groups in total. The molecular weight excluding hydrogens is 245 g/mol. The van der Waals surface area contributed by atoms with Gasteiger partial charge in [0.05, 0.1) is 6.10 Å². The maximum absolute atomic E-state index is 14.4. The minimum absolute atomic E-state index is 0.0558. The third-order valence-corrected chi connectivity index (χ3v) is 3.22. The molecule has 0 aliphatic carbocycles. The Morgan fingerprint density at radius 1 is 1.53 bits per heavy atom. The lowest BCUT2D eigenvalue weighted by Crippen LogP contribution is -2.35. The molecule has 1 atom stereocenters. The van der Waals surface area contributed by atoms with Crippen LogP contribution < -0.4 is 10.2 Å². The zero-order chi connectivity index (χ0) is 14.0. The number of nitrogens with one attached hydrogen (secondary N) is 1. The van der Waals surface area contributed by atoms with Crippen LogP contribution in [0.5, 0.6) is 0 Å². The van der Waals surface area contributed by atoms with Gasteiger partial charge in [-0.1, -0.05) is 0 Å². The standard InChI is InChI=1S/C14H22FN3O/c1-14(2,3)17-8-10-4-6-16-13(12(10)15)18-7-5-11(19)9-18/h4,6,11,17,19H,5,7-9H2,1-3H3. The van der Waals surface area contributed by atoms with Crippen LogP contribution in [0, 0.1) is 5.82 Å². The molecule has 0 radical (unpaired) electrons. The third kappa shape index (κ3) is 3.64. The molecule has 2 heterocycles. The van der Waals surface area contributed by atoms with Gasteiger partial charge >= 0.3 is 0 Å². The number of hydrogen-bond acceptors (Lipinski definition) is 4. The summed E-state index contributed by atoms with van der Waals surface area (Å²) in [7, 11) is 0. The second-order valence-corrected chi connectivity index (χ2v) is 6.10. The highest BCUT2D eigenvalue weighted by Gasteiger charge is 2.25. The van der Waals surface area contributed by atoms with E-state index in [1.54, 1.807) is 17.2 Å². The number of aliphatic hydroxyl groups is 1. The third-order valence-electron chi connectivity index (χ3n) is 3.22. The molecule has 1 unspecified atom stereocenters. The lowest BCUT2D eigenvalue weighted by atomic mass is 10.1. The molecule has 1 aromatic rings. The first-order valence-electron chi connectivity index (χ1n) is 6.68. The molecule has 0 aromatic carbocycles. The van der Waals surface area contributed by atoms with Crippen LogP contribution in [0.2, 0.25) is 0 Å². The summed E-state index contributed by atoms with van der Waals surface area (Å²) in [5.74, 6) is 0.0677. The van der Waals surface area contributed by atoms with Crippen LogP contribution in [-0.4, -0.2) is 34.8 Å². The van der Waals surface area contributed by atoms with E-state index in [-0.39, 0.29) is 17.5 Å². The number of aromatic nitrogens is 1. The van der Waals surface area contributed by atoms with E-state index in [9.17, 15) is 9.50 Å². The van der Waals surface area contributed by atoms with Gasteiger partial charge in [0.15, 0.2) is 11.6 Å². The molecule has 4 nitrogen and oxygen atoms in total. The number of rotatable bonds is 3. The summed E-state index contributed by atoms with van der Waals surface area (Å²) in [6, 6.07) is 1.70. The predicted octanol–water partition coefficient (Wildman–Crippen LogP) is 1.68. The summed E-state index contributed by atoms with van der Waals surface area (Å²) in [5, 5.41) is 12.8. The van der Waals surface area contributed by atoms with Crippen molar-refractivity contribution in [1.29, 1.82) is 0 Å². The molecule has 1 aliphatic heterocycles. The Bertz CT molecular complexity index is 445. The molecule has 0 amide bonds. The molecule has 2 rings (SSSR count). The zero-order valence-electron chi connectivity index (χ0n) is 11.8.